The number of hydrogen-bond donors (Lipinski definition) is 2. The van der Waals surface area contributed by atoms with Gasteiger partial charge in [0, 0.05) is 44.3 Å². The van der Waals surface area contributed by atoms with Crippen molar-refractivity contribution in [2.24, 2.45) is 4.99 Å². The number of halogens is 2. The number of ether oxygens (including phenoxy) is 2. The number of alkyl halides is 2. The van der Waals surface area contributed by atoms with Gasteiger partial charge < -0.3 is 20.1 Å². The molecule has 2 rings (SSSR count). The van der Waals surface area contributed by atoms with Crippen molar-refractivity contribution in [2.75, 3.05) is 39.9 Å². The lowest BCUT2D eigenvalue weighted by Gasteiger charge is -2.41. The van der Waals surface area contributed by atoms with E-state index in [9.17, 15) is 8.78 Å². The van der Waals surface area contributed by atoms with Crippen LogP contribution in [0.2, 0.25) is 0 Å². The zero-order valence-electron chi connectivity index (χ0n) is 16.5. The molecule has 0 bridgehead atoms. The van der Waals surface area contributed by atoms with Crippen molar-refractivity contribution in [3.05, 3.63) is 29.3 Å². The van der Waals surface area contributed by atoms with E-state index in [1.54, 1.807) is 19.2 Å². The summed E-state index contributed by atoms with van der Waals surface area (Å²) in [4.78, 5) is 6.61. The molecule has 1 aromatic carbocycles. The van der Waals surface area contributed by atoms with E-state index in [1.807, 2.05) is 13.0 Å². The molecule has 27 heavy (non-hydrogen) atoms. The van der Waals surface area contributed by atoms with Gasteiger partial charge in [-0.25, -0.2) is 0 Å². The Morgan fingerprint density at radius 3 is 2.63 bits per heavy atom. The summed E-state index contributed by atoms with van der Waals surface area (Å²) in [6.07, 6.45) is 0. The van der Waals surface area contributed by atoms with Gasteiger partial charge in [0.1, 0.15) is 5.75 Å². The minimum atomic E-state index is -2.85. The van der Waals surface area contributed by atoms with Gasteiger partial charge >= 0.3 is 6.61 Å². The maximum Gasteiger partial charge on any atom is 0.387 e. The van der Waals surface area contributed by atoms with Gasteiger partial charge in [-0.15, -0.1) is 0 Å². The van der Waals surface area contributed by atoms with Crippen LogP contribution < -0.4 is 15.4 Å². The largest absolute Gasteiger partial charge is 0.434 e. The van der Waals surface area contributed by atoms with Gasteiger partial charge in [-0.1, -0.05) is 17.7 Å². The molecule has 0 radical (unpaired) electrons. The van der Waals surface area contributed by atoms with Crippen LogP contribution in [0, 0.1) is 6.92 Å². The summed E-state index contributed by atoms with van der Waals surface area (Å²) in [5, 5.41) is 6.49. The average molecular weight is 384 g/mol. The highest BCUT2D eigenvalue weighted by atomic mass is 19.3. The van der Waals surface area contributed by atoms with Crippen LogP contribution in [0.25, 0.3) is 0 Å². The van der Waals surface area contributed by atoms with Gasteiger partial charge in [0.2, 0.25) is 0 Å². The zero-order chi connectivity index (χ0) is 19.9. The first-order chi connectivity index (χ1) is 12.8. The summed E-state index contributed by atoms with van der Waals surface area (Å²) in [6, 6.07) is 5.14. The molecule has 0 aliphatic carbocycles. The Bertz CT molecular complexity index is 632. The monoisotopic (exact) mass is 384 g/mol. The van der Waals surface area contributed by atoms with E-state index in [-0.39, 0.29) is 11.3 Å². The highest BCUT2D eigenvalue weighted by Gasteiger charge is 2.28. The van der Waals surface area contributed by atoms with Crippen molar-refractivity contribution >= 4 is 5.96 Å². The summed E-state index contributed by atoms with van der Waals surface area (Å²) in [6.45, 7) is 7.74. The topological polar surface area (TPSA) is 58.1 Å². The SMILES string of the molecule is CN=C(NCc1cc(C)ccc1OC(F)F)NCC(C)(C)N1CCOCC1. The Morgan fingerprint density at radius 1 is 1.30 bits per heavy atom. The van der Waals surface area contributed by atoms with E-state index < -0.39 is 6.61 Å². The van der Waals surface area contributed by atoms with Crippen LogP contribution in [0.15, 0.2) is 23.2 Å². The standard InChI is InChI=1S/C19H30F2N4O2/c1-14-5-6-16(27-17(20)21)15(11-14)12-23-18(22-4)24-13-19(2,3)25-7-9-26-10-8-25/h5-6,11,17H,7-10,12-13H2,1-4H3,(H2,22,23,24). The molecule has 1 heterocycles. The second-order valence-corrected chi connectivity index (χ2v) is 7.18. The van der Waals surface area contributed by atoms with Crippen molar-refractivity contribution in [1.29, 1.82) is 0 Å². The summed E-state index contributed by atoms with van der Waals surface area (Å²) in [5.74, 6) is 0.785. The molecule has 0 saturated carbocycles. The lowest BCUT2D eigenvalue weighted by atomic mass is 10.0. The summed E-state index contributed by atoms with van der Waals surface area (Å²) >= 11 is 0. The maximum atomic E-state index is 12.6. The molecule has 0 aromatic heterocycles. The predicted molar refractivity (Wildman–Crippen MR) is 102 cm³/mol. The Morgan fingerprint density at radius 2 is 2.00 bits per heavy atom. The van der Waals surface area contributed by atoms with Crippen molar-refractivity contribution in [1.82, 2.24) is 15.5 Å². The number of nitrogens with zero attached hydrogens (tertiary/aromatic N) is 2. The number of morpholine rings is 1. The Labute approximate surface area is 159 Å². The minimum absolute atomic E-state index is 0.0608. The number of nitrogens with one attached hydrogen (secondary N) is 2. The average Bonchev–Trinajstić information content (AvgIpc) is 2.64. The molecule has 0 unspecified atom stereocenters. The Hall–Kier alpha value is -1.93. The number of benzene rings is 1. The Kier molecular flexibility index (Phi) is 7.79. The molecule has 1 aliphatic heterocycles. The third-order valence-electron chi connectivity index (χ3n) is 4.66. The fourth-order valence-corrected chi connectivity index (χ4v) is 3.04. The fraction of sp³-hybridized carbons (Fsp3) is 0.632. The van der Waals surface area contributed by atoms with E-state index in [0.717, 1.165) is 31.9 Å². The summed E-state index contributed by atoms with van der Waals surface area (Å²) < 4.78 is 35.2. The molecule has 0 amide bonds. The van der Waals surface area contributed by atoms with Gasteiger partial charge in [-0.2, -0.15) is 8.78 Å². The van der Waals surface area contributed by atoms with Crippen molar-refractivity contribution in [3.63, 3.8) is 0 Å². The molecular weight excluding hydrogens is 354 g/mol. The first-order valence-corrected chi connectivity index (χ1v) is 9.13. The molecule has 0 atom stereocenters. The number of aliphatic imine (C=N–C) groups is 1. The number of rotatable bonds is 7. The predicted octanol–water partition coefficient (Wildman–Crippen LogP) is 2.37. The van der Waals surface area contributed by atoms with Crippen LogP contribution in [0.1, 0.15) is 25.0 Å². The van der Waals surface area contributed by atoms with Crippen LogP contribution in [0.4, 0.5) is 8.78 Å². The molecule has 0 spiro atoms. The summed E-state index contributed by atoms with van der Waals surface area (Å²) in [5.41, 5.74) is 1.57. The van der Waals surface area contributed by atoms with Crippen LogP contribution in [-0.4, -0.2) is 62.9 Å². The normalized spacial score (nSPS) is 16.5. The molecule has 1 saturated heterocycles. The third-order valence-corrected chi connectivity index (χ3v) is 4.66. The van der Waals surface area contributed by atoms with E-state index in [4.69, 9.17) is 4.74 Å². The maximum absolute atomic E-state index is 12.6. The van der Waals surface area contributed by atoms with Gasteiger partial charge in [0.15, 0.2) is 5.96 Å². The molecule has 1 aliphatic rings. The van der Waals surface area contributed by atoms with Gasteiger partial charge in [0.05, 0.1) is 13.2 Å². The lowest BCUT2D eigenvalue weighted by Crippen LogP contribution is -2.56. The van der Waals surface area contributed by atoms with Gasteiger partial charge in [-0.3, -0.25) is 9.89 Å². The molecule has 1 aromatic rings. The lowest BCUT2D eigenvalue weighted by molar-refractivity contribution is -0.0504. The highest BCUT2D eigenvalue weighted by Crippen LogP contribution is 2.22. The number of hydrogen-bond acceptors (Lipinski definition) is 4. The van der Waals surface area contributed by atoms with Crippen LogP contribution in [0.3, 0.4) is 0 Å². The van der Waals surface area contributed by atoms with Gasteiger partial charge in [0.25, 0.3) is 0 Å². The van der Waals surface area contributed by atoms with Crippen LogP contribution >= 0.6 is 0 Å². The molecule has 1 fully saturated rings. The van der Waals surface area contributed by atoms with Crippen molar-refractivity contribution < 1.29 is 18.3 Å². The molecule has 6 nitrogen and oxygen atoms in total. The fourth-order valence-electron chi connectivity index (χ4n) is 3.04. The van der Waals surface area contributed by atoms with Crippen molar-refractivity contribution in [3.8, 4) is 5.75 Å². The number of aryl methyl sites for hydroxylation is 1. The van der Waals surface area contributed by atoms with E-state index in [0.29, 0.717) is 24.6 Å². The van der Waals surface area contributed by atoms with E-state index >= 15 is 0 Å². The minimum Gasteiger partial charge on any atom is -0.434 e. The molecule has 8 heteroatoms. The summed E-state index contributed by atoms with van der Waals surface area (Å²) in [7, 11) is 1.68. The van der Waals surface area contributed by atoms with E-state index in [2.05, 4.69) is 39.1 Å². The van der Waals surface area contributed by atoms with Crippen LogP contribution in [-0.2, 0) is 11.3 Å². The van der Waals surface area contributed by atoms with Crippen molar-refractivity contribution in [2.45, 2.75) is 39.5 Å². The Balaban J connectivity index is 1.93. The van der Waals surface area contributed by atoms with Gasteiger partial charge in [-0.05, 0) is 26.8 Å². The quantitative estimate of drug-likeness (QED) is 0.558. The number of guanidine groups is 1. The first kappa shape index (κ1) is 21.4. The van der Waals surface area contributed by atoms with E-state index in [1.165, 1.54) is 0 Å². The van der Waals surface area contributed by atoms with Crippen LogP contribution in [0.5, 0.6) is 5.75 Å². The molecular formula is C19H30F2N4O2. The zero-order valence-corrected chi connectivity index (χ0v) is 16.5. The highest BCUT2D eigenvalue weighted by molar-refractivity contribution is 5.79. The second kappa shape index (κ2) is 9.85. The first-order valence-electron chi connectivity index (χ1n) is 9.13. The molecule has 152 valence electrons. The molecule has 2 N–H and O–H groups in total. The smallest absolute Gasteiger partial charge is 0.387 e. The second-order valence-electron chi connectivity index (χ2n) is 7.18. The third kappa shape index (κ3) is 6.62.